The third-order valence-corrected chi connectivity index (χ3v) is 8.16. The van der Waals surface area contributed by atoms with Crippen molar-refractivity contribution in [2.75, 3.05) is 16.7 Å². The number of sulfonamides is 1. The molecular formula is C27H28N2O5S. The van der Waals surface area contributed by atoms with E-state index in [0.717, 1.165) is 22.4 Å². The van der Waals surface area contributed by atoms with Gasteiger partial charge in [0.15, 0.2) is 0 Å². The van der Waals surface area contributed by atoms with Crippen LogP contribution in [0.15, 0.2) is 71.6 Å². The number of amides is 1. The van der Waals surface area contributed by atoms with Gasteiger partial charge in [0.1, 0.15) is 5.75 Å². The zero-order valence-electron chi connectivity index (χ0n) is 19.9. The van der Waals surface area contributed by atoms with Crippen molar-refractivity contribution in [3.8, 4) is 5.75 Å². The van der Waals surface area contributed by atoms with Crippen molar-refractivity contribution in [1.82, 2.24) is 0 Å². The third-order valence-electron chi connectivity index (χ3n) is 6.38. The molecule has 3 aromatic rings. The van der Waals surface area contributed by atoms with Gasteiger partial charge in [-0.15, -0.1) is 0 Å². The molecule has 3 aromatic carbocycles. The van der Waals surface area contributed by atoms with Crippen LogP contribution in [0, 0.1) is 19.8 Å². The molecule has 1 N–H and O–H groups in total. The summed E-state index contributed by atoms with van der Waals surface area (Å²) in [7, 11) is -2.24. The number of nitrogens with one attached hydrogen (secondary N) is 1. The molecule has 182 valence electrons. The summed E-state index contributed by atoms with van der Waals surface area (Å²) in [5.74, 6) is -0.507. The van der Waals surface area contributed by atoms with E-state index in [4.69, 9.17) is 4.74 Å². The summed E-state index contributed by atoms with van der Waals surface area (Å²) in [6, 6.07) is 19.0. The van der Waals surface area contributed by atoms with E-state index < -0.39 is 16.0 Å². The molecule has 1 heterocycles. The minimum atomic E-state index is -3.73. The van der Waals surface area contributed by atoms with Gasteiger partial charge < -0.3 is 10.1 Å². The molecule has 35 heavy (non-hydrogen) atoms. The third kappa shape index (κ3) is 5.38. The Labute approximate surface area is 205 Å². The van der Waals surface area contributed by atoms with Crippen LogP contribution in [0.5, 0.6) is 5.75 Å². The fourth-order valence-electron chi connectivity index (χ4n) is 4.02. The number of hydrogen-bond donors (Lipinski definition) is 1. The summed E-state index contributed by atoms with van der Waals surface area (Å²) in [6.07, 6.45) is 1.07. The van der Waals surface area contributed by atoms with E-state index in [1.54, 1.807) is 42.5 Å². The highest BCUT2D eigenvalue weighted by atomic mass is 32.2. The minimum Gasteiger partial charge on any atom is -0.427 e. The molecule has 0 saturated carbocycles. The van der Waals surface area contributed by atoms with E-state index in [-0.39, 0.29) is 23.1 Å². The van der Waals surface area contributed by atoms with Crippen LogP contribution in [0.4, 0.5) is 11.4 Å². The van der Waals surface area contributed by atoms with Crippen LogP contribution in [0.1, 0.15) is 29.5 Å². The number of benzene rings is 3. The molecule has 4 rings (SSSR count). The quantitative estimate of drug-likeness (QED) is 0.384. The number of nitrogens with zero attached hydrogens (tertiary/aromatic N) is 1. The molecule has 0 radical (unpaired) electrons. The highest BCUT2D eigenvalue weighted by Crippen LogP contribution is 2.28. The number of anilines is 2. The van der Waals surface area contributed by atoms with E-state index in [1.165, 1.54) is 11.4 Å². The number of para-hydroxylation sites is 1. The first-order valence-corrected chi connectivity index (χ1v) is 12.8. The van der Waals surface area contributed by atoms with Crippen LogP contribution in [0.25, 0.3) is 0 Å². The lowest BCUT2D eigenvalue weighted by atomic mass is 9.90. The molecule has 0 unspecified atom stereocenters. The Morgan fingerprint density at radius 3 is 2.46 bits per heavy atom. The van der Waals surface area contributed by atoms with Gasteiger partial charge in [-0.25, -0.2) is 8.42 Å². The van der Waals surface area contributed by atoms with E-state index in [0.29, 0.717) is 24.3 Å². The average Bonchev–Trinajstić information content (AvgIpc) is 2.84. The average molecular weight is 493 g/mol. The van der Waals surface area contributed by atoms with Gasteiger partial charge in [-0.2, -0.15) is 0 Å². The van der Waals surface area contributed by atoms with Crippen LogP contribution >= 0.6 is 0 Å². The maximum atomic E-state index is 13.0. The Hall–Kier alpha value is -3.65. The largest absolute Gasteiger partial charge is 0.427 e. The predicted octanol–water partition coefficient (Wildman–Crippen LogP) is 4.63. The maximum absolute atomic E-state index is 13.0. The summed E-state index contributed by atoms with van der Waals surface area (Å²) in [5.41, 5.74) is 4.24. The van der Waals surface area contributed by atoms with E-state index >= 15 is 0 Å². The van der Waals surface area contributed by atoms with Crippen LogP contribution < -0.4 is 14.4 Å². The van der Waals surface area contributed by atoms with Gasteiger partial charge in [-0.1, -0.05) is 24.3 Å². The standard InChI is InChI=1S/C27H28N2O5S/c1-18-8-14-24(16-19(18)2)35(32,33)29(3)22-10-12-23(13-11-22)34-26(30)15-9-21-17-20-6-4-5-7-25(20)28-27(21)31/h4-8,10-14,16,21H,9,15,17H2,1-3H3,(H,28,31)/t21-/m1/s1. The van der Waals surface area contributed by atoms with Crippen LogP contribution in [-0.2, 0) is 26.0 Å². The second-order valence-corrected chi connectivity index (χ2v) is 10.7. The van der Waals surface area contributed by atoms with Gasteiger partial charge in [0.05, 0.1) is 10.6 Å². The summed E-state index contributed by atoms with van der Waals surface area (Å²) in [5, 5.41) is 2.89. The Bertz CT molecular complexity index is 1370. The molecule has 1 amide bonds. The zero-order chi connectivity index (χ0) is 25.2. The lowest BCUT2D eigenvalue weighted by molar-refractivity contribution is -0.134. The summed E-state index contributed by atoms with van der Waals surface area (Å²) in [6.45, 7) is 3.80. The fourth-order valence-corrected chi connectivity index (χ4v) is 5.30. The monoisotopic (exact) mass is 492 g/mol. The van der Waals surface area contributed by atoms with E-state index in [1.807, 2.05) is 38.1 Å². The molecule has 1 aliphatic rings. The van der Waals surface area contributed by atoms with Gasteiger partial charge >= 0.3 is 5.97 Å². The van der Waals surface area contributed by atoms with Crippen molar-refractivity contribution in [2.24, 2.45) is 5.92 Å². The SMILES string of the molecule is Cc1ccc(S(=O)(=O)N(C)c2ccc(OC(=O)CC[C@@H]3Cc4ccccc4NC3=O)cc2)cc1C. The molecule has 1 atom stereocenters. The van der Waals surface area contributed by atoms with Crippen molar-refractivity contribution in [1.29, 1.82) is 0 Å². The van der Waals surface area contributed by atoms with Gasteiger partial charge in [-0.3, -0.25) is 13.9 Å². The van der Waals surface area contributed by atoms with Crippen molar-refractivity contribution >= 4 is 33.3 Å². The lowest BCUT2D eigenvalue weighted by Crippen LogP contribution is -2.30. The second kappa shape index (κ2) is 9.92. The molecule has 8 heteroatoms. The Balaban J connectivity index is 1.35. The van der Waals surface area contributed by atoms with E-state index in [2.05, 4.69) is 5.32 Å². The molecule has 0 fully saturated rings. The van der Waals surface area contributed by atoms with Crippen LogP contribution in [0.2, 0.25) is 0 Å². The number of fused-ring (bicyclic) bond motifs is 1. The fraction of sp³-hybridized carbons (Fsp3) is 0.259. The molecule has 0 bridgehead atoms. The topological polar surface area (TPSA) is 92.8 Å². The maximum Gasteiger partial charge on any atom is 0.311 e. The lowest BCUT2D eigenvalue weighted by Gasteiger charge is -2.24. The van der Waals surface area contributed by atoms with E-state index in [9.17, 15) is 18.0 Å². The molecule has 0 spiro atoms. The van der Waals surface area contributed by atoms with Gasteiger partial charge in [0.25, 0.3) is 10.0 Å². The number of carbonyl (C=O) groups is 2. The van der Waals surface area contributed by atoms with Gasteiger partial charge in [0, 0.05) is 25.1 Å². The van der Waals surface area contributed by atoms with Crippen LogP contribution in [0.3, 0.4) is 0 Å². The molecular weight excluding hydrogens is 464 g/mol. The van der Waals surface area contributed by atoms with Crippen molar-refractivity contribution in [3.05, 3.63) is 83.4 Å². The highest BCUT2D eigenvalue weighted by molar-refractivity contribution is 7.92. The summed E-state index contributed by atoms with van der Waals surface area (Å²) < 4.78 is 32.6. The predicted molar refractivity (Wildman–Crippen MR) is 135 cm³/mol. The second-order valence-electron chi connectivity index (χ2n) is 8.77. The molecule has 0 saturated heterocycles. The van der Waals surface area contributed by atoms with Crippen LogP contribution in [-0.4, -0.2) is 27.3 Å². The Morgan fingerprint density at radius 1 is 1.03 bits per heavy atom. The Morgan fingerprint density at radius 2 is 1.74 bits per heavy atom. The van der Waals surface area contributed by atoms with Crippen molar-refractivity contribution in [2.45, 2.75) is 38.0 Å². The first-order chi connectivity index (χ1) is 16.6. The molecule has 7 nitrogen and oxygen atoms in total. The zero-order valence-corrected chi connectivity index (χ0v) is 20.8. The summed E-state index contributed by atoms with van der Waals surface area (Å²) in [4.78, 5) is 24.9. The molecule has 0 aliphatic carbocycles. The Kier molecular flexibility index (Phi) is 6.93. The number of carbonyl (C=O) groups excluding carboxylic acids is 2. The smallest absolute Gasteiger partial charge is 0.311 e. The first kappa shape index (κ1) is 24.5. The van der Waals surface area contributed by atoms with Gasteiger partial charge in [0.2, 0.25) is 5.91 Å². The van der Waals surface area contributed by atoms with Gasteiger partial charge in [-0.05, 0) is 85.8 Å². The first-order valence-electron chi connectivity index (χ1n) is 11.4. The number of esters is 1. The van der Waals surface area contributed by atoms with Crippen molar-refractivity contribution in [3.63, 3.8) is 0 Å². The summed E-state index contributed by atoms with van der Waals surface area (Å²) >= 11 is 0. The molecule has 0 aromatic heterocycles. The number of rotatable bonds is 7. The number of ether oxygens (including phenoxy) is 1. The number of hydrogen-bond acceptors (Lipinski definition) is 5. The minimum absolute atomic E-state index is 0.0890. The van der Waals surface area contributed by atoms with Crippen molar-refractivity contribution < 1.29 is 22.7 Å². The highest BCUT2D eigenvalue weighted by Gasteiger charge is 2.27. The molecule has 1 aliphatic heterocycles. The number of aryl methyl sites for hydroxylation is 2. The normalized spacial score (nSPS) is 15.2.